The molecule has 3 aromatic rings. The van der Waals surface area contributed by atoms with Crippen LogP contribution in [0.25, 0.3) is 0 Å². The van der Waals surface area contributed by atoms with E-state index in [1.807, 2.05) is 56.3 Å². The summed E-state index contributed by atoms with van der Waals surface area (Å²) in [6.45, 7) is 3.74. The van der Waals surface area contributed by atoms with Crippen LogP contribution in [-0.4, -0.2) is 31.3 Å². The monoisotopic (exact) mass is 464 g/mol. The SMILES string of the molecule is COc1ccc(S[C@@H](C)C(=O)Nc2ccccc2C(=O)N[C@H](C)c2ccccc2)cc1OC. The Bertz CT molecular complexity index is 1100. The number of nitrogens with one attached hydrogen (secondary N) is 2. The zero-order chi connectivity index (χ0) is 23.8. The van der Waals surface area contributed by atoms with Crippen molar-refractivity contribution in [2.75, 3.05) is 19.5 Å². The molecule has 0 heterocycles. The Hall–Kier alpha value is -3.45. The van der Waals surface area contributed by atoms with Crippen molar-refractivity contribution in [2.24, 2.45) is 0 Å². The molecule has 0 spiro atoms. The van der Waals surface area contributed by atoms with Crippen molar-refractivity contribution < 1.29 is 19.1 Å². The van der Waals surface area contributed by atoms with Gasteiger partial charge in [-0.25, -0.2) is 0 Å². The van der Waals surface area contributed by atoms with Gasteiger partial charge >= 0.3 is 0 Å². The molecule has 0 radical (unpaired) electrons. The van der Waals surface area contributed by atoms with Crippen LogP contribution < -0.4 is 20.1 Å². The third-order valence-corrected chi connectivity index (χ3v) is 6.21. The van der Waals surface area contributed by atoms with Crippen molar-refractivity contribution >= 4 is 29.3 Å². The van der Waals surface area contributed by atoms with Gasteiger partial charge in [0.25, 0.3) is 5.91 Å². The Morgan fingerprint density at radius 2 is 1.52 bits per heavy atom. The maximum absolute atomic E-state index is 12.9. The molecule has 33 heavy (non-hydrogen) atoms. The molecule has 0 saturated carbocycles. The number of benzene rings is 3. The minimum absolute atomic E-state index is 0.165. The van der Waals surface area contributed by atoms with Gasteiger partial charge in [0, 0.05) is 4.90 Å². The highest BCUT2D eigenvalue weighted by molar-refractivity contribution is 8.00. The third kappa shape index (κ3) is 6.29. The molecular formula is C26H28N2O4S. The zero-order valence-electron chi connectivity index (χ0n) is 19.1. The highest BCUT2D eigenvalue weighted by atomic mass is 32.2. The lowest BCUT2D eigenvalue weighted by molar-refractivity contribution is -0.115. The quantitative estimate of drug-likeness (QED) is 0.420. The second kappa shape index (κ2) is 11.4. The summed E-state index contributed by atoms with van der Waals surface area (Å²) >= 11 is 1.39. The number of rotatable bonds is 9. The number of carbonyl (C=O) groups excluding carboxylic acids is 2. The van der Waals surface area contributed by atoms with E-state index >= 15 is 0 Å². The normalized spacial score (nSPS) is 12.4. The molecule has 0 aliphatic heterocycles. The summed E-state index contributed by atoms with van der Waals surface area (Å²) in [5.41, 5.74) is 1.89. The van der Waals surface area contributed by atoms with Crippen LogP contribution in [0.2, 0.25) is 0 Å². The van der Waals surface area contributed by atoms with E-state index in [0.717, 1.165) is 10.5 Å². The van der Waals surface area contributed by atoms with E-state index in [1.54, 1.807) is 44.6 Å². The highest BCUT2D eigenvalue weighted by Gasteiger charge is 2.20. The van der Waals surface area contributed by atoms with Gasteiger partial charge in [0.05, 0.1) is 36.8 Å². The van der Waals surface area contributed by atoms with Gasteiger partial charge in [-0.15, -0.1) is 11.8 Å². The molecule has 2 atom stereocenters. The second-order valence-electron chi connectivity index (χ2n) is 7.42. The van der Waals surface area contributed by atoms with Crippen molar-refractivity contribution in [3.05, 3.63) is 83.9 Å². The van der Waals surface area contributed by atoms with Gasteiger partial charge in [0.2, 0.25) is 5.91 Å². The molecule has 6 nitrogen and oxygen atoms in total. The number of carbonyl (C=O) groups is 2. The van der Waals surface area contributed by atoms with E-state index in [4.69, 9.17) is 9.47 Å². The largest absolute Gasteiger partial charge is 0.493 e. The van der Waals surface area contributed by atoms with Crippen LogP contribution in [0.5, 0.6) is 11.5 Å². The third-order valence-electron chi connectivity index (χ3n) is 5.11. The maximum Gasteiger partial charge on any atom is 0.253 e. The van der Waals surface area contributed by atoms with E-state index in [2.05, 4.69) is 10.6 Å². The van der Waals surface area contributed by atoms with Gasteiger partial charge in [-0.05, 0) is 49.7 Å². The van der Waals surface area contributed by atoms with Crippen LogP contribution in [0, 0.1) is 0 Å². The maximum atomic E-state index is 12.9. The Morgan fingerprint density at radius 3 is 2.21 bits per heavy atom. The smallest absolute Gasteiger partial charge is 0.253 e. The molecule has 0 fully saturated rings. The van der Waals surface area contributed by atoms with E-state index in [-0.39, 0.29) is 17.9 Å². The van der Waals surface area contributed by atoms with Gasteiger partial charge in [-0.1, -0.05) is 42.5 Å². The molecule has 0 aliphatic carbocycles. The van der Waals surface area contributed by atoms with Crippen molar-refractivity contribution in [3.63, 3.8) is 0 Å². The Morgan fingerprint density at radius 1 is 0.848 bits per heavy atom. The first-order valence-corrected chi connectivity index (χ1v) is 11.4. The van der Waals surface area contributed by atoms with Crippen LogP contribution in [0.15, 0.2) is 77.7 Å². The first-order valence-electron chi connectivity index (χ1n) is 10.6. The Balaban J connectivity index is 1.68. The number of hydrogen-bond acceptors (Lipinski definition) is 5. The number of anilines is 1. The van der Waals surface area contributed by atoms with E-state index < -0.39 is 5.25 Å². The molecule has 2 N–H and O–H groups in total. The number of para-hydroxylation sites is 1. The average molecular weight is 465 g/mol. The first kappa shape index (κ1) is 24.2. The lowest BCUT2D eigenvalue weighted by Gasteiger charge is -2.18. The van der Waals surface area contributed by atoms with Crippen LogP contribution in [0.4, 0.5) is 5.69 Å². The summed E-state index contributed by atoms with van der Waals surface area (Å²) in [4.78, 5) is 26.7. The van der Waals surface area contributed by atoms with Crippen LogP contribution in [0.3, 0.4) is 0 Å². The summed E-state index contributed by atoms with van der Waals surface area (Å²) in [7, 11) is 3.15. The summed E-state index contributed by atoms with van der Waals surface area (Å²) < 4.78 is 10.6. The molecule has 7 heteroatoms. The minimum Gasteiger partial charge on any atom is -0.493 e. The lowest BCUT2D eigenvalue weighted by atomic mass is 10.1. The summed E-state index contributed by atoms with van der Waals surface area (Å²) in [5.74, 6) is 0.780. The predicted octanol–water partition coefficient (Wildman–Crippen LogP) is 5.31. The van der Waals surface area contributed by atoms with Gasteiger partial charge in [0.15, 0.2) is 11.5 Å². The second-order valence-corrected chi connectivity index (χ2v) is 8.83. The fraction of sp³-hybridized carbons (Fsp3) is 0.231. The predicted molar refractivity (Wildman–Crippen MR) is 132 cm³/mol. The molecule has 0 bridgehead atoms. The zero-order valence-corrected chi connectivity index (χ0v) is 19.9. The Labute approximate surface area is 198 Å². The standard InChI is InChI=1S/C26H28N2O4S/c1-17(19-10-6-5-7-11-19)27-26(30)21-12-8-9-13-22(21)28-25(29)18(2)33-20-14-15-23(31-3)24(16-20)32-4/h5-18H,1-4H3,(H,27,30)(H,28,29)/t17-,18+/m1/s1. The topological polar surface area (TPSA) is 76.7 Å². The van der Waals surface area contributed by atoms with Crippen LogP contribution >= 0.6 is 11.8 Å². The van der Waals surface area contributed by atoms with Crippen LogP contribution in [-0.2, 0) is 4.79 Å². The average Bonchev–Trinajstić information content (AvgIpc) is 2.84. The lowest BCUT2D eigenvalue weighted by Crippen LogP contribution is -2.29. The van der Waals surface area contributed by atoms with Gasteiger partial charge in [0.1, 0.15) is 0 Å². The van der Waals surface area contributed by atoms with E-state index in [0.29, 0.717) is 22.7 Å². The van der Waals surface area contributed by atoms with E-state index in [9.17, 15) is 9.59 Å². The van der Waals surface area contributed by atoms with Gasteiger partial charge in [-0.2, -0.15) is 0 Å². The number of thioether (sulfide) groups is 1. The van der Waals surface area contributed by atoms with Crippen molar-refractivity contribution in [3.8, 4) is 11.5 Å². The summed E-state index contributed by atoms with van der Waals surface area (Å²) in [6.07, 6.45) is 0. The first-order chi connectivity index (χ1) is 15.9. The summed E-state index contributed by atoms with van der Waals surface area (Å²) in [5, 5.41) is 5.50. The number of hydrogen-bond donors (Lipinski definition) is 2. The molecule has 172 valence electrons. The molecule has 0 unspecified atom stereocenters. The highest BCUT2D eigenvalue weighted by Crippen LogP contribution is 2.34. The Kier molecular flexibility index (Phi) is 8.38. The number of ether oxygens (including phenoxy) is 2. The molecule has 0 aromatic heterocycles. The van der Waals surface area contributed by atoms with Crippen molar-refractivity contribution in [1.82, 2.24) is 5.32 Å². The fourth-order valence-electron chi connectivity index (χ4n) is 3.27. The fourth-order valence-corrected chi connectivity index (χ4v) is 4.17. The van der Waals surface area contributed by atoms with Crippen molar-refractivity contribution in [1.29, 1.82) is 0 Å². The van der Waals surface area contributed by atoms with Gasteiger partial charge in [-0.3, -0.25) is 9.59 Å². The number of amides is 2. The van der Waals surface area contributed by atoms with Gasteiger partial charge < -0.3 is 20.1 Å². The molecule has 2 amide bonds. The minimum atomic E-state index is -0.400. The summed E-state index contributed by atoms with van der Waals surface area (Å²) in [6, 6.07) is 22.1. The number of methoxy groups -OCH3 is 2. The molecule has 0 saturated heterocycles. The molecule has 3 rings (SSSR count). The van der Waals surface area contributed by atoms with Crippen LogP contribution in [0.1, 0.15) is 35.8 Å². The van der Waals surface area contributed by atoms with E-state index in [1.165, 1.54) is 11.8 Å². The van der Waals surface area contributed by atoms with Crippen molar-refractivity contribution in [2.45, 2.75) is 30.0 Å². The molecule has 3 aromatic carbocycles. The molecule has 0 aliphatic rings. The molecular weight excluding hydrogens is 436 g/mol.